The number of methoxy groups -OCH3 is 1. The predicted molar refractivity (Wildman–Crippen MR) is 122 cm³/mol. The van der Waals surface area contributed by atoms with Crippen molar-refractivity contribution in [3.05, 3.63) is 59.0 Å². The molecule has 0 spiro atoms. The number of rotatable bonds is 4. The van der Waals surface area contributed by atoms with E-state index in [1.54, 1.807) is 18.2 Å². The molecule has 1 saturated heterocycles. The van der Waals surface area contributed by atoms with Gasteiger partial charge in [0.1, 0.15) is 0 Å². The van der Waals surface area contributed by atoms with Crippen molar-refractivity contribution in [3.63, 3.8) is 0 Å². The van der Waals surface area contributed by atoms with Crippen molar-refractivity contribution in [2.45, 2.75) is 38.6 Å². The molecule has 1 heterocycles. The highest BCUT2D eigenvalue weighted by molar-refractivity contribution is 8.18. The lowest BCUT2D eigenvalue weighted by atomic mass is 9.85. The Kier molecular flexibility index (Phi) is 6.13. The van der Waals surface area contributed by atoms with Gasteiger partial charge in [-0.3, -0.25) is 9.69 Å². The van der Waals surface area contributed by atoms with E-state index in [-0.39, 0.29) is 17.7 Å². The molecule has 1 aliphatic heterocycles. The van der Waals surface area contributed by atoms with Gasteiger partial charge < -0.3 is 9.84 Å². The first-order chi connectivity index (χ1) is 14.6. The summed E-state index contributed by atoms with van der Waals surface area (Å²) in [5, 5.41) is 10.6. The maximum Gasteiger partial charge on any atom is 0.267 e. The summed E-state index contributed by atoms with van der Waals surface area (Å²) in [6, 6.07) is 15.0. The number of aromatic hydroxyl groups is 1. The van der Waals surface area contributed by atoms with Crippen LogP contribution < -0.4 is 4.74 Å². The highest BCUT2D eigenvalue weighted by atomic mass is 32.2. The SMILES string of the molecule is COc1cc(/C=C2\SC(=Nc3ccccc3)N([C@@H]3CCCC[C@H]3C)C2=O)ccc1O. The predicted octanol–water partition coefficient (Wildman–Crippen LogP) is 5.58. The number of hydrogen-bond acceptors (Lipinski definition) is 5. The molecular formula is C24H26N2O3S. The quantitative estimate of drug-likeness (QED) is 0.653. The monoisotopic (exact) mass is 422 g/mol. The van der Waals surface area contributed by atoms with Crippen LogP contribution in [-0.4, -0.2) is 34.2 Å². The van der Waals surface area contributed by atoms with Gasteiger partial charge >= 0.3 is 0 Å². The first-order valence-corrected chi connectivity index (χ1v) is 11.1. The number of nitrogens with zero attached hydrogens (tertiary/aromatic N) is 2. The zero-order valence-corrected chi connectivity index (χ0v) is 18.1. The molecule has 2 aromatic rings. The lowest BCUT2D eigenvalue weighted by molar-refractivity contribution is -0.124. The summed E-state index contributed by atoms with van der Waals surface area (Å²) in [6.45, 7) is 2.23. The molecule has 0 radical (unpaired) electrons. The molecule has 1 N–H and O–H groups in total. The van der Waals surface area contributed by atoms with E-state index >= 15 is 0 Å². The fourth-order valence-corrected chi connectivity index (χ4v) is 5.13. The van der Waals surface area contributed by atoms with Crippen LogP contribution in [0.25, 0.3) is 6.08 Å². The lowest BCUT2D eigenvalue weighted by Gasteiger charge is -2.35. The van der Waals surface area contributed by atoms with Gasteiger partial charge in [0, 0.05) is 6.04 Å². The van der Waals surface area contributed by atoms with Gasteiger partial charge in [0.05, 0.1) is 17.7 Å². The molecule has 0 aromatic heterocycles. The van der Waals surface area contributed by atoms with Gasteiger partial charge in [0.15, 0.2) is 16.7 Å². The van der Waals surface area contributed by atoms with Gasteiger partial charge in [-0.15, -0.1) is 0 Å². The Morgan fingerprint density at radius 3 is 2.67 bits per heavy atom. The van der Waals surface area contributed by atoms with Crippen LogP contribution in [0, 0.1) is 5.92 Å². The molecule has 1 aliphatic carbocycles. The van der Waals surface area contributed by atoms with Crippen molar-refractivity contribution in [3.8, 4) is 11.5 Å². The highest BCUT2D eigenvalue weighted by Gasteiger charge is 2.41. The van der Waals surface area contributed by atoms with Crippen molar-refractivity contribution in [2.75, 3.05) is 7.11 Å². The molecule has 1 saturated carbocycles. The summed E-state index contributed by atoms with van der Waals surface area (Å²) in [4.78, 5) is 20.8. The van der Waals surface area contributed by atoms with Gasteiger partial charge in [0.25, 0.3) is 5.91 Å². The number of hydrogen-bond donors (Lipinski definition) is 1. The van der Waals surface area contributed by atoms with Crippen LogP contribution in [0.4, 0.5) is 5.69 Å². The molecule has 1 amide bonds. The van der Waals surface area contributed by atoms with Crippen LogP contribution in [0.5, 0.6) is 11.5 Å². The average Bonchev–Trinajstić information content (AvgIpc) is 3.05. The first kappa shape index (κ1) is 20.5. The Morgan fingerprint density at radius 2 is 1.93 bits per heavy atom. The Bertz CT molecular complexity index is 987. The number of thioether (sulfide) groups is 1. The van der Waals surface area contributed by atoms with Crippen molar-refractivity contribution in [2.24, 2.45) is 10.9 Å². The van der Waals surface area contributed by atoms with Crippen molar-refractivity contribution >= 4 is 34.6 Å². The Balaban J connectivity index is 1.72. The molecule has 5 nitrogen and oxygen atoms in total. The third-order valence-corrected chi connectivity index (χ3v) is 6.70. The second-order valence-corrected chi connectivity index (χ2v) is 8.79. The van der Waals surface area contributed by atoms with E-state index in [1.807, 2.05) is 41.3 Å². The number of para-hydroxylation sites is 1. The number of amides is 1. The second kappa shape index (κ2) is 8.96. The van der Waals surface area contributed by atoms with Crippen LogP contribution in [0.2, 0.25) is 0 Å². The third-order valence-electron chi connectivity index (χ3n) is 5.72. The fraction of sp³-hybridized carbons (Fsp3) is 0.333. The summed E-state index contributed by atoms with van der Waals surface area (Å²) in [7, 11) is 1.51. The molecule has 4 rings (SSSR count). The zero-order chi connectivity index (χ0) is 21.1. The smallest absolute Gasteiger partial charge is 0.267 e. The summed E-state index contributed by atoms with van der Waals surface area (Å²) < 4.78 is 5.20. The molecule has 2 atom stereocenters. The van der Waals surface area contributed by atoms with Gasteiger partial charge in [-0.25, -0.2) is 4.99 Å². The number of ether oxygens (including phenoxy) is 1. The number of benzene rings is 2. The maximum atomic E-state index is 13.5. The summed E-state index contributed by atoms with van der Waals surface area (Å²) >= 11 is 1.41. The molecule has 0 unspecified atom stereocenters. The minimum absolute atomic E-state index is 0.000438. The molecule has 30 heavy (non-hydrogen) atoms. The lowest BCUT2D eigenvalue weighted by Crippen LogP contribution is -2.44. The number of amidine groups is 1. The van der Waals surface area contributed by atoms with E-state index in [0.29, 0.717) is 16.6 Å². The summed E-state index contributed by atoms with van der Waals surface area (Å²) in [6.07, 6.45) is 6.33. The van der Waals surface area contributed by atoms with E-state index in [4.69, 9.17) is 9.73 Å². The largest absolute Gasteiger partial charge is 0.504 e. The van der Waals surface area contributed by atoms with E-state index in [1.165, 1.54) is 25.3 Å². The van der Waals surface area contributed by atoms with Gasteiger partial charge in [0.2, 0.25) is 0 Å². The maximum absolute atomic E-state index is 13.5. The normalized spacial score (nSPS) is 24.6. The van der Waals surface area contributed by atoms with Crippen molar-refractivity contribution < 1.29 is 14.6 Å². The highest BCUT2D eigenvalue weighted by Crippen LogP contribution is 2.40. The van der Waals surface area contributed by atoms with E-state index in [9.17, 15) is 9.90 Å². The average molecular weight is 423 g/mol. The van der Waals surface area contributed by atoms with Gasteiger partial charge in [-0.1, -0.05) is 44.0 Å². The minimum atomic E-state index is 0.000438. The molecule has 156 valence electrons. The summed E-state index contributed by atoms with van der Waals surface area (Å²) in [5.41, 5.74) is 1.65. The molecule has 2 aromatic carbocycles. The van der Waals surface area contributed by atoms with Gasteiger partial charge in [-0.2, -0.15) is 0 Å². The van der Waals surface area contributed by atoms with Crippen LogP contribution in [-0.2, 0) is 4.79 Å². The standard InChI is InChI=1S/C24H26N2O3S/c1-16-8-6-7-11-19(16)26-23(28)22(15-17-12-13-20(27)21(14-17)29-2)30-24(26)25-18-9-4-3-5-10-18/h3-5,9-10,12-16,19,27H,6-8,11H2,1-2H3/b22-15-,25-24?/t16-,19-/m1/s1. The minimum Gasteiger partial charge on any atom is -0.504 e. The van der Waals surface area contributed by atoms with Crippen LogP contribution >= 0.6 is 11.8 Å². The van der Waals surface area contributed by atoms with E-state index in [0.717, 1.165) is 35.7 Å². The molecular weight excluding hydrogens is 396 g/mol. The molecule has 0 bridgehead atoms. The fourth-order valence-electron chi connectivity index (χ4n) is 4.09. The number of aliphatic imine (C=N–C) groups is 1. The number of carbonyl (C=O) groups is 1. The molecule has 2 aliphatic rings. The van der Waals surface area contributed by atoms with Crippen LogP contribution in [0.1, 0.15) is 38.2 Å². The van der Waals surface area contributed by atoms with E-state index in [2.05, 4.69) is 6.92 Å². The topological polar surface area (TPSA) is 62.1 Å². The molecule has 6 heteroatoms. The van der Waals surface area contributed by atoms with Crippen LogP contribution in [0.3, 0.4) is 0 Å². The number of carbonyl (C=O) groups excluding carboxylic acids is 1. The Hall–Kier alpha value is -2.73. The van der Waals surface area contributed by atoms with Crippen molar-refractivity contribution in [1.82, 2.24) is 4.90 Å². The first-order valence-electron chi connectivity index (χ1n) is 10.3. The number of phenols is 1. The van der Waals surface area contributed by atoms with Crippen molar-refractivity contribution in [1.29, 1.82) is 0 Å². The Morgan fingerprint density at radius 1 is 1.17 bits per heavy atom. The van der Waals surface area contributed by atoms with Crippen LogP contribution in [0.15, 0.2) is 58.4 Å². The third kappa shape index (κ3) is 4.24. The van der Waals surface area contributed by atoms with Gasteiger partial charge in [-0.05, 0) is 66.4 Å². The Labute approximate surface area is 181 Å². The van der Waals surface area contributed by atoms with E-state index < -0.39 is 0 Å². The second-order valence-electron chi connectivity index (χ2n) is 7.78. The summed E-state index contributed by atoms with van der Waals surface area (Å²) in [5.74, 6) is 0.905. The zero-order valence-electron chi connectivity index (χ0n) is 17.2. The number of phenolic OH excluding ortho intramolecular Hbond substituents is 1. The molecule has 2 fully saturated rings.